The maximum absolute atomic E-state index is 12.5. The average Bonchev–Trinajstić information content (AvgIpc) is 2.68. The number of Topliss-reactive ketones (excluding diaryl/α,β-unsaturated/α-hetero) is 1. The molecule has 28 heavy (non-hydrogen) atoms. The van der Waals surface area contributed by atoms with Crippen LogP contribution in [0, 0.1) is 0 Å². The van der Waals surface area contributed by atoms with Crippen LogP contribution in [0.1, 0.15) is 61.4 Å². The highest BCUT2D eigenvalue weighted by molar-refractivity contribution is 6.06. The van der Waals surface area contributed by atoms with Gasteiger partial charge >= 0.3 is 0 Å². The Morgan fingerprint density at radius 3 is 2.86 bits per heavy atom. The van der Waals surface area contributed by atoms with Crippen LogP contribution in [-0.4, -0.2) is 29.6 Å². The molecule has 0 aromatic heterocycles. The summed E-state index contributed by atoms with van der Waals surface area (Å²) in [5.74, 6) is 0.763. The molecule has 0 amide bonds. The normalized spacial score (nSPS) is 19.7. The minimum Gasteiger partial charge on any atom is -0.507 e. The summed E-state index contributed by atoms with van der Waals surface area (Å²) < 4.78 is 6.12. The number of carbonyl (C=O) groups is 1. The van der Waals surface area contributed by atoms with Crippen molar-refractivity contribution in [3.8, 4) is 11.5 Å². The topological polar surface area (TPSA) is 49.8 Å². The number of ketones is 1. The predicted octanol–water partition coefficient (Wildman–Crippen LogP) is 5.13. The van der Waals surface area contributed by atoms with Crippen molar-refractivity contribution in [2.45, 2.75) is 64.0 Å². The van der Waals surface area contributed by atoms with E-state index in [0.29, 0.717) is 17.7 Å². The number of aromatic hydroxyl groups is 1. The molecule has 0 bridgehead atoms. The Bertz CT molecular complexity index is 833. The third kappa shape index (κ3) is 4.01. The van der Waals surface area contributed by atoms with Gasteiger partial charge in [-0.1, -0.05) is 30.3 Å². The summed E-state index contributed by atoms with van der Waals surface area (Å²) in [5.41, 5.74) is 2.67. The molecule has 0 radical (unpaired) electrons. The van der Waals surface area contributed by atoms with Gasteiger partial charge in [0, 0.05) is 31.1 Å². The van der Waals surface area contributed by atoms with E-state index in [9.17, 15) is 9.90 Å². The predicted molar refractivity (Wildman–Crippen MR) is 112 cm³/mol. The second-order valence-electron chi connectivity index (χ2n) is 8.11. The van der Waals surface area contributed by atoms with Crippen LogP contribution in [0.25, 0.3) is 0 Å². The number of anilines is 1. The molecule has 2 aromatic rings. The molecular formula is C24H29NO3. The Morgan fingerprint density at radius 1 is 1.21 bits per heavy atom. The molecule has 1 N–H and O–H groups in total. The van der Waals surface area contributed by atoms with E-state index in [1.807, 2.05) is 12.1 Å². The molecule has 0 unspecified atom stereocenters. The van der Waals surface area contributed by atoms with Gasteiger partial charge in [0.05, 0.1) is 17.4 Å². The Balaban J connectivity index is 1.44. The monoisotopic (exact) mass is 379 g/mol. The lowest BCUT2D eigenvalue weighted by molar-refractivity contribution is 0.0958. The Labute approximate surface area is 167 Å². The summed E-state index contributed by atoms with van der Waals surface area (Å²) in [6, 6.07) is 14.3. The average molecular weight is 380 g/mol. The molecule has 2 aliphatic heterocycles. The SMILES string of the molecule is C[C@H](CCCc1ccccc1)Oc1cc(O)c2c(c1)N1CCCC[C@H]1CC2=O. The first-order chi connectivity index (χ1) is 13.6. The van der Waals surface area contributed by atoms with Gasteiger partial charge in [0.15, 0.2) is 5.78 Å². The van der Waals surface area contributed by atoms with Crippen LogP contribution in [0.5, 0.6) is 11.5 Å². The third-order valence-corrected chi connectivity index (χ3v) is 5.96. The number of phenols is 1. The first-order valence-electron chi connectivity index (χ1n) is 10.5. The quantitative estimate of drug-likeness (QED) is 0.756. The molecule has 0 aliphatic carbocycles. The second kappa shape index (κ2) is 8.26. The molecule has 1 fully saturated rings. The van der Waals surface area contributed by atoms with E-state index >= 15 is 0 Å². The fourth-order valence-electron chi connectivity index (χ4n) is 4.54. The van der Waals surface area contributed by atoms with Crippen molar-refractivity contribution in [1.82, 2.24) is 0 Å². The lowest BCUT2D eigenvalue weighted by atomic mass is 9.88. The van der Waals surface area contributed by atoms with Crippen LogP contribution < -0.4 is 9.64 Å². The van der Waals surface area contributed by atoms with Crippen LogP contribution in [0.2, 0.25) is 0 Å². The summed E-state index contributed by atoms with van der Waals surface area (Å²) in [6.45, 7) is 3.01. The number of benzene rings is 2. The van der Waals surface area contributed by atoms with E-state index < -0.39 is 0 Å². The van der Waals surface area contributed by atoms with Crippen molar-refractivity contribution in [1.29, 1.82) is 0 Å². The van der Waals surface area contributed by atoms with Crippen LogP contribution in [0.4, 0.5) is 5.69 Å². The molecule has 0 saturated carbocycles. The lowest BCUT2D eigenvalue weighted by Crippen LogP contribution is -2.44. The molecule has 2 heterocycles. The van der Waals surface area contributed by atoms with Gasteiger partial charge in [-0.05, 0) is 51.0 Å². The molecule has 2 atom stereocenters. The summed E-state index contributed by atoms with van der Waals surface area (Å²) >= 11 is 0. The van der Waals surface area contributed by atoms with Crippen molar-refractivity contribution >= 4 is 11.5 Å². The molecule has 2 aromatic carbocycles. The summed E-state index contributed by atoms with van der Waals surface area (Å²) in [4.78, 5) is 14.8. The number of phenolic OH excluding ortho intramolecular Hbond substituents is 1. The first-order valence-corrected chi connectivity index (χ1v) is 10.5. The van der Waals surface area contributed by atoms with Gasteiger partial charge in [-0.2, -0.15) is 0 Å². The van der Waals surface area contributed by atoms with Crippen molar-refractivity contribution in [3.05, 3.63) is 53.6 Å². The molecule has 0 spiro atoms. The van der Waals surface area contributed by atoms with Crippen molar-refractivity contribution in [2.75, 3.05) is 11.4 Å². The smallest absolute Gasteiger partial charge is 0.170 e. The van der Waals surface area contributed by atoms with Crippen LogP contribution in [0.15, 0.2) is 42.5 Å². The van der Waals surface area contributed by atoms with E-state index in [1.165, 1.54) is 12.0 Å². The number of carbonyl (C=O) groups excluding carboxylic acids is 1. The zero-order valence-electron chi connectivity index (χ0n) is 16.6. The largest absolute Gasteiger partial charge is 0.507 e. The Morgan fingerprint density at radius 2 is 2.04 bits per heavy atom. The van der Waals surface area contributed by atoms with Gasteiger partial charge in [0.25, 0.3) is 0 Å². The standard InChI is InChI=1S/C24H29NO3/c1-17(8-7-11-18-9-3-2-4-10-18)28-20-15-21-24(23(27)16-20)22(26)14-19-12-5-6-13-25(19)21/h2-4,9-10,15-17,19,27H,5-8,11-14H2,1H3/t17-,19+/m1/s1. The van der Waals surface area contributed by atoms with Crippen LogP contribution in [0.3, 0.4) is 0 Å². The highest BCUT2D eigenvalue weighted by Crippen LogP contribution is 2.42. The number of piperidine rings is 1. The second-order valence-corrected chi connectivity index (χ2v) is 8.11. The van der Waals surface area contributed by atoms with E-state index in [1.54, 1.807) is 6.07 Å². The number of hydrogen-bond acceptors (Lipinski definition) is 4. The fourth-order valence-corrected chi connectivity index (χ4v) is 4.54. The number of rotatable bonds is 6. The van der Waals surface area contributed by atoms with E-state index in [2.05, 4.69) is 36.1 Å². The summed E-state index contributed by atoms with van der Waals surface area (Å²) in [7, 11) is 0. The van der Waals surface area contributed by atoms with Crippen molar-refractivity contribution in [3.63, 3.8) is 0 Å². The van der Waals surface area contributed by atoms with Gasteiger partial charge in [0.1, 0.15) is 11.5 Å². The van der Waals surface area contributed by atoms with Crippen molar-refractivity contribution < 1.29 is 14.6 Å². The molecule has 1 saturated heterocycles. The maximum Gasteiger partial charge on any atom is 0.170 e. The van der Waals surface area contributed by atoms with Gasteiger partial charge in [-0.3, -0.25) is 4.79 Å². The van der Waals surface area contributed by atoms with Crippen LogP contribution in [-0.2, 0) is 6.42 Å². The number of nitrogens with zero attached hydrogens (tertiary/aromatic N) is 1. The molecule has 2 aliphatic rings. The Kier molecular flexibility index (Phi) is 5.56. The summed E-state index contributed by atoms with van der Waals surface area (Å²) in [6.07, 6.45) is 6.94. The number of hydrogen-bond donors (Lipinski definition) is 1. The fraction of sp³-hybridized carbons (Fsp3) is 0.458. The van der Waals surface area contributed by atoms with Gasteiger partial charge in [-0.25, -0.2) is 0 Å². The molecule has 4 rings (SSSR count). The summed E-state index contributed by atoms with van der Waals surface area (Å²) in [5, 5.41) is 10.5. The minimum absolute atomic E-state index is 0.0533. The van der Waals surface area contributed by atoms with Gasteiger partial charge < -0.3 is 14.7 Å². The number of aryl methyl sites for hydroxylation is 1. The number of ether oxygens (including phenoxy) is 1. The van der Waals surface area contributed by atoms with Gasteiger partial charge in [0.2, 0.25) is 0 Å². The van der Waals surface area contributed by atoms with E-state index in [-0.39, 0.29) is 23.7 Å². The zero-order chi connectivity index (χ0) is 19.5. The Hall–Kier alpha value is -2.49. The molecule has 148 valence electrons. The first kappa shape index (κ1) is 18.9. The van der Waals surface area contributed by atoms with E-state index in [0.717, 1.165) is 44.3 Å². The van der Waals surface area contributed by atoms with Gasteiger partial charge in [-0.15, -0.1) is 0 Å². The molecule has 4 nitrogen and oxygen atoms in total. The van der Waals surface area contributed by atoms with Crippen molar-refractivity contribution in [2.24, 2.45) is 0 Å². The minimum atomic E-state index is 0.0533. The third-order valence-electron chi connectivity index (χ3n) is 5.96. The highest BCUT2D eigenvalue weighted by Gasteiger charge is 2.35. The maximum atomic E-state index is 12.5. The van der Waals surface area contributed by atoms with E-state index in [4.69, 9.17) is 4.74 Å². The zero-order valence-corrected chi connectivity index (χ0v) is 16.6. The van der Waals surface area contributed by atoms with Crippen LogP contribution >= 0.6 is 0 Å². The molecular weight excluding hydrogens is 350 g/mol. The lowest BCUT2D eigenvalue weighted by Gasteiger charge is -2.41. The highest BCUT2D eigenvalue weighted by atomic mass is 16.5. The number of fused-ring (bicyclic) bond motifs is 3. The molecule has 4 heteroatoms.